The highest BCUT2D eigenvalue weighted by Gasteiger charge is 2.10. The summed E-state index contributed by atoms with van der Waals surface area (Å²) < 4.78 is 0. The van der Waals surface area contributed by atoms with Crippen molar-refractivity contribution in [2.24, 2.45) is 5.73 Å². The molecule has 0 aromatic rings. The minimum Gasteiger partial charge on any atom is -0.370 e. The average molecular weight is 204 g/mol. The van der Waals surface area contributed by atoms with Gasteiger partial charge in [0.25, 0.3) is 0 Å². The number of nitrogens with two attached hydrogens (primary N) is 1. The predicted octanol–water partition coefficient (Wildman–Crippen LogP) is -0.855. The van der Waals surface area contributed by atoms with Gasteiger partial charge in [0.05, 0.1) is 0 Å². The van der Waals surface area contributed by atoms with Crippen molar-refractivity contribution >= 4 is 23.2 Å². The van der Waals surface area contributed by atoms with Crippen LogP contribution in [0.3, 0.4) is 0 Å². The van der Waals surface area contributed by atoms with E-state index in [1.165, 1.54) is 0 Å². The van der Waals surface area contributed by atoms with Crippen LogP contribution in [-0.4, -0.2) is 48.7 Å². The lowest BCUT2D eigenvalue weighted by Gasteiger charge is -2.30. The van der Waals surface area contributed by atoms with Crippen LogP contribution in [0, 0.1) is 0 Å². The molecule has 0 bridgehead atoms. The maximum Gasteiger partial charge on any atom is 0.219 e. The maximum absolute atomic E-state index is 10.6. The van der Waals surface area contributed by atoms with Crippen molar-refractivity contribution in [3.8, 4) is 0 Å². The van der Waals surface area contributed by atoms with Crippen molar-refractivity contribution in [3.63, 3.8) is 0 Å². The van der Waals surface area contributed by atoms with E-state index in [1.807, 2.05) is 19.1 Å². The predicted molar refractivity (Wildman–Crippen MR) is 55.9 cm³/mol. The smallest absolute Gasteiger partial charge is 0.219 e. The van der Waals surface area contributed by atoms with Gasteiger partial charge in [-0.1, -0.05) is 0 Å². The third kappa shape index (κ3) is 4.64. The fourth-order valence-corrected chi connectivity index (χ4v) is 1.08. The molecule has 6 heteroatoms. The fourth-order valence-electron chi connectivity index (χ4n) is 0.828. The van der Waals surface area contributed by atoms with Crippen LogP contribution in [0.25, 0.3) is 0 Å². The van der Waals surface area contributed by atoms with Gasteiger partial charge in [0.1, 0.15) is 0 Å². The summed E-state index contributed by atoms with van der Waals surface area (Å²) in [6, 6.07) is 0. The monoisotopic (exact) mass is 204 g/mol. The molecule has 0 unspecified atom stereocenters. The van der Waals surface area contributed by atoms with E-state index >= 15 is 0 Å². The zero-order valence-corrected chi connectivity index (χ0v) is 9.02. The van der Waals surface area contributed by atoms with E-state index in [9.17, 15) is 4.79 Å². The van der Waals surface area contributed by atoms with E-state index in [1.54, 1.807) is 12.1 Å². The van der Waals surface area contributed by atoms with Gasteiger partial charge in [-0.05, 0) is 12.2 Å². The molecule has 0 aliphatic carbocycles. The second-order valence-electron chi connectivity index (χ2n) is 2.74. The highest BCUT2D eigenvalue weighted by Crippen LogP contribution is 1.94. The molecule has 0 saturated heterocycles. The van der Waals surface area contributed by atoms with Crippen LogP contribution < -0.4 is 11.1 Å². The van der Waals surface area contributed by atoms with Crippen LogP contribution in [0.15, 0.2) is 0 Å². The van der Waals surface area contributed by atoms with Gasteiger partial charge in [-0.15, -0.1) is 0 Å². The van der Waals surface area contributed by atoms with Gasteiger partial charge in [0.15, 0.2) is 5.11 Å². The molecular weight excluding hydrogens is 188 g/mol. The molecule has 0 rings (SSSR count). The Hall–Kier alpha value is -0.880. The van der Waals surface area contributed by atoms with Gasteiger partial charge in [0.2, 0.25) is 5.91 Å². The second kappa shape index (κ2) is 5.71. The van der Waals surface area contributed by atoms with Crippen molar-refractivity contribution in [2.75, 3.05) is 27.7 Å². The Morgan fingerprint density at radius 3 is 2.38 bits per heavy atom. The minimum atomic E-state index is -0.328. The molecule has 0 aliphatic rings. The number of primary amides is 1. The van der Waals surface area contributed by atoms with E-state index in [0.29, 0.717) is 18.1 Å². The van der Waals surface area contributed by atoms with Gasteiger partial charge in [-0.3, -0.25) is 9.80 Å². The van der Waals surface area contributed by atoms with Crippen molar-refractivity contribution in [1.82, 2.24) is 15.3 Å². The highest BCUT2D eigenvalue weighted by atomic mass is 32.1. The molecule has 5 nitrogen and oxygen atoms in total. The van der Waals surface area contributed by atoms with Crippen LogP contribution >= 0.6 is 12.2 Å². The van der Waals surface area contributed by atoms with Crippen LogP contribution in [-0.2, 0) is 4.79 Å². The Balaban J connectivity index is 4.10. The van der Waals surface area contributed by atoms with Gasteiger partial charge < -0.3 is 11.1 Å². The maximum atomic E-state index is 10.6. The quantitative estimate of drug-likeness (QED) is 0.461. The van der Waals surface area contributed by atoms with Crippen molar-refractivity contribution < 1.29 is 4.79 Å². The first-order valence-electron chi connectivity index (χ1n) is 3.93. The molecule has 0 spiro atoms. The Labute approximate surface area is 83.8 Å². The van der Waals surface area contributed by atoms with E-state index in [2.05, 4.69) is 5.32 Å². The molecule has 0 atom stereocenters. The first-order valence-corrected chi connectivity index (χ1v) is 4.34. The molecule has 0 heterocycles. The molecule has 0 aromatic heterocycles. The lowest BCUT2D eigenvalue weighted by atomic mass is 10.4. The first kappa shape index (κ1) is 12.1. The Kier molecular flexibility index (Phi) is 5.33. The van der Waals surface area contributed by atoms with Crippen LogP contribution in [0.4, 0.5) is 0 Å². The molecule has 3 N–H and O–H groups in total. The van der Waals surface area contributed by atoms with E-state index in [0.717, 1.165) is 0 Å². The Morgan fingerprint density at radius 1 is 1.54 bits per heavy atom. The number of amides is 1. The first-order chi connectivity index (χ1) is 5.99. The van der Waals surface area contributed by atoms with Crippen LogP contribution in [0.1, 0.15) is 6.42 Å². The van der Waals surface area contributed by atoms with Gasteiger partial charge >= 0.3 is 0 Å². The molecule has 0 aromatic carbocycles. The number of nitrogens with one attached hydrogen (secondary N) is 1. The second-order valence-corrected chi connectivity index (χ2v) is 3.13. The van der Waals surface area contributed by atoms with Crippen molar-refractivity contribution in [2.45, 2.75) is 6.42 Å². The summed E-state index contributed by atoms with van der Waals surface area (Å²) in [6.07, 6.45) is 0.292. The molecular formula is C7H16N4OS. The highest BCUT2D eigenvalue weighted by molar-refractivity contribution is 7.80. The lowest BCUT2D eigenvalue weighted by Crippen LogP contribution is -2.47. The normalized spacial score (nSPS) is 9.85. The Morgan fingerprint density at radius 2 is 2.08 bits per heavy atom. The summed E-state index contributed by atoms with van der Waals surface area (Å²) in [5.74, 6) is -0.328. The summed E-state index contributed by atoms with van der Waals surface area (Å²) >= 11 is 5.03. The molecule has 0 fully saturated rings. The molecule has 0 aliphatic heterocycles. The topological polar surface area (TPSA) is 61.6 Å². The fraction of sp³-hybridized carbons (Fsp3) is 0.714. The van der Waals surface area contributed by atoms with E-state index in [-0.39, 0.29) is 5.91 Å². The van der Waals surface area contributed by atoms with Gasteiger partial charge in [0, 0.05) is 34.1 Å². The van der Waals surface area contributed by atoms with Crippen LogP contribution in [0.5, 0.6) is 0 Å². The summed E-state index contributed by atoms with van der Waals surface area (Å²) in [4.78, 5) is 10.6. The average Bonchev–Trinajstić information content (AvgIpc) is 2.03. The Bertz CT molecular complexity index is 195. The zero-order chi connectivity index (χ0) is 10.4. The molecule has 0 saturated carbocycles. The number of carbonyl (C=O) groups excluding carboxylic acids is 1. The van der Waals surface area contributed by atoms with Crippen LogP contribution in [0.2, 0.25) is 0 Å². The summed E-state index contributed by atoms with van der Waals surface area (Å²) in [7, 11) is 5.44. The number of hydrogen-bond donors (Lipinski definition) is 2. The zero-order valence-electron chi connectivity index (χ0n) is 8.20. The number of hydrazine groups is 1. The third-order valence-corrected chi connectivity index (χ3v) is 1.92. The minimum absolute atomic E-state index is 0.292. The summed E-state index contributed by atoms with van der Waals surface area (Å²) in [5.41, 5.74) is 5.03. The van der Waals surface area contributed by atoms with Gasteiger partial charge in [-0.25, -0.2) is 5.01 Å². The van der Waals surface area contributed by atoms with E-state index in [4.69, 9.17) is 18.0 Å². The SMILES string of the molecule is CNC(=S)N(CCC(N)=O)N(C)C. The summed E-state index contributed by atoms with van der Waals surface area (Å²) in [5, 5.41) is 6.98. The molecule has 76 valence electrons. The number of rotatable bonds is 4. The lowest BCUT2D eigenvalue weighted by molar-refractivity contribution is -0.118. The standard InChI is InChI=1S/C7H16N4OS/c1-9-7(13)11(10(2)3)5-4-6(8)12/h4-5H2,1-3H3,(H2,8,12)(H,9,13). The van der Waals surface area contributed by atoms with Crippen molar-refractivity contribution in [3.05, 3.63) is 0 Å². The molecule has 13 heavy (non-hydrogen) atoms. The number of nitrogens with zero attached hydrogens (tertiary/aromatic N) is 2. The molecule has 1 amide bonds. The van der Waals surface area contributed by atoms with Gasteiger partial charge in [-0.2, -0.15) is 0 Å². The number of carbonyl (C=O) groups is 1. The molecule has 0 radical (unpaired) electrons. The van der Waals surface area contributed by atoms with E-state index < -0.39 is 0 Å². The third-order valence-electron chi connectivity index (χ3n) is 1.50. The largest absolute Gasteiger partial charge is 0.370 e. The number of hydrogen-bond acceptors (Lipinski definition) is 3. The summed E-state index contributed by atoms with van der Waals surface area (Å²) in [6.45, 7) is 0.502. The number of thiocarbonyl (C=S) groups is 1. The van der Waals surface area contributed by atoms with Crippen molar-refractivity contribution in [1.29, 1.82) is 0 Å².